The van der Waals surface area contributed by atoms with Crippen molar-refractivity contribution in [1.29, 1.82) is 0 Å². The number of rotatable bonds is 4. The molecule has 5 nitrogen and oxygen atoms in total. The first kappa shape index (κ1) is 19.4. The van der Waals surface area contributed by atoms with Crippen LogP contribution in [0.4, 0.5) is 0 Å². The van der Waals surface area contributed by atoms with Gasteiger partial charge in [-0.3, -0.25) is 9.59 Å². The molecule has 1 saturated carbocycles. The molecule has 4 rings (SSSR count). The van der Waals surface area contributed by atoms with Crippen molar-refractivity contribution < 1.29 is 13.9 Å². The van der Waals surface area contributed by atoms with E-state index in [4.69, 9.17) is 9.15 Å². The molecule has 2 aromatic carbocycles. The Kier molecular flexibility index (Phi) is 5.49. The zero-order valence-corrected chi connectivity index (χ0v) is 16.7. The Hall–Kier alpha value is -2.92. The van der Waals surface area contributed by atoms with Crippen LogP contribution in [0.15, 0.2) is 57.7 Å². The van der Waals surface area contributed by atoms with E-state index in [9.17, 15) is 9.59 Å². The molecule has 1 aliphatic carbocycles. The number of benzene rings is 2. The maximum atomic E-state index is 13.1. The first-order valence-corrected chi connectivity index (χ1v) is 10.1. The SMILES string of the molecule is CO[C@H]1CCCC[C@@H]1NC(=O)c1cccc2c(=O)c(C)c(-c3ccccc3)oc12. The van der Waals surface area contributed by atoms with Crippen LogP contribution in [0.2, 0.25) is 0 Å². The van der Waals surface area contributed by atoms with Crippen LogP contribution in [-0.4, -0.2) is 25.2 Å². The highest BCUT2D eigenvalue weighted by Crippen LogP contribution is 2.28. The van der Waals surface area contributed by atoms with E-state index in [2.05, 4.69) is 5.32 Å². The molecule has 2 atom stereocenters. The van der Waals surface area contributed by atoms with Crippen molar-refractivity contribution in [2.75, 3.05) is 7.11 Å². The van der Waals surface area contributed by atoms with Crippen LogP contribution in [0.25, 0.3) is 22.3 Å². The quantitative estimate of drug-likeness (QED) is 0.713. The molecule has 1 aliphatic rings. The summed E-state index contributed by atoms with van der Waals surface area (Å²) in [7, 11) is 1.68. The molecular formula is C24H25NO4. The highest BCUT2D eigenvalue weighted by atomic mass is 16.5. The highest BCUT2D eigenvalue weighted by molar-refractivity contribution is 6.05. The summed E-state index contributed by atoms with van der Waals surface area (Å²) >= 11 is 0. The molecule has 1 aromatic heterocycles. The maximum Gasteiger partial charge on any atom is 0.255 e. The van der Waals surface area contributed by atoms with Crippen molar-refractivity contribution in [2.24, 2.45) is 0 Å². The number of carbonyl (C=O) groups is 1. The lowest BCUT2D eigenvalue weighted by Crippen LogP contribution is -2.46. The molecule has 0 unspecified atom stereocenters. The minimum absolute atomic E-state index is 0.0109. The lowest BCUT2D eigenvalue weighted by molar-refractivity contribution is 0.0393. The molecule has 0 bridgehead atoms. The fourth-order valence-electron chi connectivity index (χ4n) is 4.14. The summed E-state index contributed by atoms with van der Waals surface area (Å²) in [4.78, 5) is 26.1. The molecule has 1 heterocycles. The van der Waals surface area contributed by atoms with E-state index < -0.39 is 0 Å². The van der Waals surface area contributed by atoms with Gasteiger partial charge < -0.3 is 14.5 Å². The van der Waals surface area contributed by atoms with Gasteiger partial charge in [-0.2, -0.15) is 0 Å². The van der Waals surface area contributed by atoms with E-state index in [1.807, 2.05) is 30.3 Å². The van der Waals surface area contributed by atoms with Crippen LogP contribution in [0.1, 0.15) is 41.6 Å². The third-order valence-electron chi connectivity index (χ3n) is 5.75. The molecule has 0 aliphatic heterocycles. The number of hydrogen-bond acceptors (Lipinski definition) is 4. The lowest BCUT2D eigenvalue weighted by atomic mass is 9.92. The molecule has 1 amide bonds. The van der Waals surface area contributed by atoms with E-state index in [1.165, 1.54) is 0 Å². The van der Waals surface area contributed by atoms with Gasteiger partial charge in [0.1, 0.15) is 5.76 Å². The number of carbonyl (C=O) groups excluding carboxylic acids is 1. The monoisotopic (exact) mass is 391 g/mol. The molecule has 1 fully saturated rings. The Labute approximate surface area is 169 Å². The first-order valence-electron chi connectivity index (χ1n) is 10.1. The number of ether oxygens (including phenoxy) is 1. The maximum absolute atomic E-state index is 13.1. The number of methoxy groups -OCH3 is 1. The predicted octanol–water partition coefficient (Wildman–Crippen LogP) is 4.46. The number of hydrogen-bond donors (Lipinski definition) is 1. The summed E-state index contributed by atoms with van der Waals surface area (Å²) < 4.78 is 11.7. The van der Waals surface area contributed by atoms with Gasteiger partial charge in [0.15, 0.2) is 11.0 Å². The fraction of sp³-hybridized carbons (Fsp3) is 0.333. The summed E-state index contributed by atoms with van der Waals surface area (Å²) in [6.45, 7) is 1.76. The molecule has 3 aromatic rings. The largest absolute Gasteiger partial charge is 0.455 e. The van der Waals surface area contributed by atoms with Gasteiger partial charge in [0, 0.05) is 18.2 Å². The third kappa shape index (κ3) is 3.70. The predicted molar refractivity (Wildman–Crippen MR) is 113 cm³/mol. The number of fused-ring (bicyclic) bond motifs is 1. The van der Waals surface area contributed by atoms with E-state index in [1.54, 1.807) is 32.2 Å². The lowest BCUT2D eigenvalue weighted by Gasteiger charge is -2.31. The zero-order chi connectivity index (χ0) is 20.4. The summed E-state index contributed by atoms with van der Waals surface area (Å²) in [6.07, 6.45) is 3.99. The summed E-state index contributed by atoms with van der Waals surface area (Å²) in [5.41, 5.74) is 1.92. The van der Waals surface area contributed by atoms with Gasteiger partial charge in [-0.25, -0.2) is 0 Å². The van der Waals surface area contributed by atoms with Crippen molar-refractivity contribution >= 4 is 16.9 Å². The van der Waals surface area contributed by atoms with Crippen LogP contribution in [0.5, 0.6) is 0 Å². The molecular weight excluding hydrogens is 366 g/mol. The average Bonchev–Trinajstić information content (AvgIpc) is 2.76. The summed E-state index contributed by atoms with van der Waals surface area (Å²) in [5.74, 6) is 0.256. The number of para-hydroxylation sites is 1. The molecule has 0 radical (unpaired) electrons. The van der Waals surface area contributed by atoms with Crippen molar-refractivity contribution in [3.8, 4) is 11.3 Å². The smallest absolute Gasteiger partial charge is 0.255 e. The van der Waals surface area contributed by atoms with Crippen LogP contribution >= 0.6 is 0 Å². The van der Waals surface area contributed by atoms with E-state index >= 15 is 0 Å². The zero-order valence-electron chi connectivity index (χ0n) is 16.7. The van der Waals surface area contributed by atoms with Gasteiger partial charge in [0.25, 0.3) is 5.91 Å². The number of nitrogens with one attached hydrogen (secondary N) is 1. The van der Waals surface area contributed by atoms with Crippen molar-refractivity contribution in [1.82, 2.24) is 5.32 Å². The minimum atomic E-state index is -0.240. The summed E-state index contributed by atoms with van der Waals surface area (Å²) in [6, 6.07) is 14.6. The molecule has 0 spiro atoms. The van der Waals surface area contributed by atoms with Gasteiger partial charge in [-0.1, -0.05) is 49.2 Å². The van der Waals surface area contributed by atoms with Gasteiger partial charge in [0.2, 0.25) is 0 Å². The van der Waals surface area contributed by atoms with E-state index in [-0.39, 0.29) is 23.5 Å². The van der Waals surface area contributed by atoms with E-state index in [0.29, 0.717) is 27.9 Å². The molecule has 5 heteroatoms. The Balaban J connectivity index is 1.78. The van der Waals surface area contributed by atoms with Gasteiger partial charge in [0.05, 0.1) is 23.1 Å². The molecule has 29 heavy (non-hydrogen) atoms. The Morgan fingerprint density at radius 1 is 1.07 bits per heavy atom. The topological polar surface area (TPSA) is 68.5 Å². The first-order chi connectivity index (χ1) is 14.1. The Morgan fingerprint density at radius 3 is 2.59 bits per heavy atom. The second-order valence-electron chi connectivity index (χ2n) is 7.57. The highest BCUT2D eigenvalue weighted by Gasteiger charge is 2.27. The van der Waals surface area contributed by atoms with Gasteiger partial charge >= 0.3 is 0 Å². The van der Waals surface area contributed by atoms with E-state index in [0.717, 1.165) is 31.2 Å². The van der Waals surface area contributed by atoms with Crippen molar-refractivity contribution in [3.05, 3.63) is 69.9 Å². The van der Waals surface area contributed by atoms with Gasteiger partial charge in [-0.05, 0) is 31.9 Å². The summed E-state index contributed by atoms with van der Waals surface area (Å²) in [5, 5.41) is 3.51. The van der Waals surface area contributed by atoms with Crippen LogP contribution in [-0.2, 0) is 4.74 Å². The van der Waals surface area contributed by atoms with Crippen LogP contribution < -0.4 is 10.7 Å². The third-order valence-corrected chi connectivity index (χ3v) is 5.75. The Morgan fingerprint density at radius 2 is 1.83 bits per heavy atom. The second kappa shape index (κ2) is 8.21. The molecule has 0 saturated heterocycles. The minimum Gasteiger partial charge on any atom is -0.455 e. The molecule has 150 valence electrons. The average molecular weight is 391 g/mol. The molecule has 1 N–H and O–H groups in total. The van der Waals surface area contributed by atoms with Crippen molar-refractivity contribution in [2.45, 2.75) is 44.8 Å². The fourth-order valence-corrected chi connectivity index (χ4v) is 4.14. The van der Waals surface area contributed by atoms with Crippen LogP contribution in [0, 0.1) is 6.92 Å². The van der Waals surface area contributed by atoms with Gasteiger partial charge in [-0.15, -0.1) is 0 Å². The normalized spacial score (nSPS) is 19.2. The standard InChI is InChI=1S/C24H25NO4/c1-15-21(26)17-11-8-12-18(23(17)29-22(15)16-9-4-3-5-10-16)24(27)25-19-13-6-7-14-20(19)28-2/h3-5,8-12,19-20H,6-7,13-14H2,1-2H3,(H,25,27)/t19-,20-/m0/s1. The Bertz CT molecular complexity index is 1090. The van der Waals surface area contributed by atoms with Crippen molar-refractivity contribution in [3.63, 3.8) is 0 Å². The second-order valence-corrected chi connectivity index (χ2v) is 7.57. The number of amides is 1. The van der Waals surface area contributed by atoms with Crippen LogP contribution in [0.3, 0.4) is 0 Å².